The van der Waals surface area contributed by atoms with Crippen LogP contribution in [0.15, 0.2) is 291 Å². The monoisotopic (exact) mass is 1470 g/mol. The van der Waals surface area contributed by atoms with Crippen LogP contribution in [0.1, 0.15) is 0 Å². The van der Waals surface area contributed by atoms with E-state index in [2.05, 4.69) is 50.2 Å². The molecule has 0 aromatic heterocycles. The van der Waals surface area contributed by atoms with Crippen LogP contribution < -0.4 is 67.7 Å². The Bertz CT molecular complexity index is 4670. The summed E-state index contributed by atoms with van der Waals surface area (Å²) in [4.78, 5) is 33.8. The van der Waals surface area contributed by atoms with Crippen molar-refractivity contribution in [3.05, 3.63) is 291 Å². The van der Waals surface area contributed by atoms with Gasteiger partial charge in [-0.25, -0.2) is 0 Å². The van der Waals surface area contributed by atoms with E-state index in [9.17, 15) is 35.1 Å². The highest BCUT2D eigenvalue weighted by Crippen LogP contribution is 2.36. The predicted molar refractivity (Wildman–Crippen MR) is 421 cm³/mol. The van der Waals surface area contributed by atoms with Gasteiger partial charge in [-0.15, -0.1) is 0 Å². The number of anilines is 6. The second-order valence-corrected chi connectivity index (χ2v) is 24.9. The second-order valence-electron chi connectivity index (χ2n) is 24.2. The van der Waals surface area contributed by atoms with Crippen LogP contribution >= 0.6 is 25.3 Å². The number of thiol groups is 2. The molecule has 23 heteroatoms. The van der Waals surface area contributed by atoms with Crippen molar-refractivity contribution in [1.82, 2.24) is 0 Å². The molecule has 0 spiro atoms. The molecule has 1 fully saturated rings. The number of aliphatic hydroxyl groups excluding tert-OH is 1. The lowest BCUT2D eigenvalue weighted by molar-refractivity contribution is -0.119. The average molecular weight is 1470 g/mol. The number of hydrogen-bond donors (Lipinski definition) is 8. The standard InChI is InChI=1S/C42H39N3O8S.C42H37N3O7S/c46-29-45(32-5-15-39(16-6-32)52-41-19-9-34(48)10-20-41)28-44(27-43-30-1-11-37(12-2-30)51-40-17-7-33(47)8-18-40)31-3-13-38(14-4-31)53-42-23-21-36(22-24-42)50-25-35(49)26-54;46-33-7-17-40(18-8-33)50-37-11-1-30(2-12-37)43-27-44(31-3-13-38(14-4-31)51-41-19-9-34(47)10-20-41)29-45(28-43)32-5-15-39(16-6-32)52-42-23-21-36(22-24-42)49-25-35(48)26-53/h1-24,43,46-48,54H,25-29H2;1-24,46-47,53H,25-29H2. The number of rotatable bonds is 31. The van der Waals surface area contributed by atoms with Gasteiger partial charge in [0.15, 0.2) is 11.6 Å². The highest BCUT2D eigenvalue weighted by molar-refractivity contribution is 7.81. The molecule has 107 heavy (non-hydrogen) atoms. The SMILES string of the molecule is O=C(CS)COc1ccc(Oc2ccc(N(CNc3ccc(Oc4ccc(O)cc4)cc3)CN(CO)c3ccc(Oc4ccc(O)cc4)cc3)cc2)cc1.O=C(CS)COc1ccc(Oc2ccc(N3CN(c4ccc(Oc5ccc(O)cc5)cc4)CN(c4ccc(Oc5ccc(O)cc5)cc4)C3)cc2)cc1. The lowest BCUT2D eigenvalue weighted by atomic mass is 10.2. The van der Waals surface area contributed by atoms with E-state index in [1.54, 1.807) is 146 Å². The number of nitrogens with one attached hydrogen (secondary N) is 1. The number of aromatic hydroxyl groups is 4. The van der Waals surface area contributed by atoms with Gasteiger partial charge in [0, 0.05) is 34.1 Å². The third-order valence-corrected chi connectivity index (χ3v) is 17.1. The molecule has 6 N–H and O–H groups in total. The number of nitrogens with zero attached hydrogens (tertiary/aromatic N) is 5. The summed E-state index contributed by atoms with van der Waals surface area (Å²) >= 11 is 7.95. The minimum Gasteiger partial charge on any atom is -0.508 e. The summed E-state index contributed by atoms with van der Waals surface area (Å²) in [5.41, 5.74) is 5.56. The molecule has 13 rings (SSSR count). The van der Waals surface area contributed by atoms with Gasteiger partial charge in [0.2, 0.25) is 0 Å². The predicted octanol–water partition coefficient (Wildman–Crippen LogP) is 17.7. The zero-order chi connectivity index (χ0) is 74.3. The Hall–Kier alpha value is -13.0. The minimum absolute atomic E-state index is 0.0159. The molecule has 1 heterocycles. The minimum atomic E-state index is -0.248. The highest BCUT2D eigenvalue weighted by atomic mass is 32.1. The molecule has 1 saturated heterocycles. The Labute approximate surface area is 629 Å². The van der Waals surface area contributed by atoms with Gasteiger partial charge in [0.05, 0.1) is 44.8 Å². The molecule has 544 valence electrons. The third kappa shape index (κ3) is 21.8. The van der Waals surface area contributed by atoms with E-state index < -0.39 is 0 Å². The van der Waals surface area contributed by atoms with E-state index in [-0.39, 0.29) is 66.0 Å². The van der Waals surface area contributed by atoms with Crippen molar-refractivity contribution in [2.75, 3.05) is 94.6 Å². The molecule has 1 aliphatic heterocycles. The number of benzene rings is 12. The summed E-state index contributed by atoms with van der Waals surface area (Å²) < 4.78 is 46.9. The van der Waals surface area contributed by atoms with Crippen LogP contribution in [0.3, 0.4) is 0 Å². The lowest BCUT2D eigenvalue weighted by Gasteiger charge is -2.45. The van der Waals surface area contributed by atoms with Crippen molar-refractivity contribution in [2.45, 2.75) is 0 Å². The molecule has 21 nitrogen and oxygen atoms in total. The highest BCUT2D eigenvalue weighted by Gasteiger charge is 2.26. The van der Waals surface area contributed by atoms with Crippen LogP contribution in [0.25, 0.3) is 0 Å². The second kappa shape index (κ2) is 36.5. The smallest absolute Gasteiger partial charge is 0.179 e. The molecule has 0 radical (unpaired) electrons. The maximum atomic E-state index is 11.5. The average Bonchev–Trinajstić information content (AvgIpc) is 0.797. The van der Waals surface area contributed by atoms with Gasteiger partial charge in [-0.2, -0.15) is 25.3 Å². The molecule has 0 amide bonds. The van der Waals surface area contributed by atoms with E-state index >= 15 is 0 Å². The van der Waals surface area contributed by atoms with E-state index in [0.717, 1.165) is 34.1 Å². The lowest BCUT2D eigenvalue weighted by Crippen LogP contribution is -2.55. The van der Waals surface area contributed by atoms with Gasteiger partial charge >= 0.3 is 0 Å². The Morgan fingerprint density at radius 1 is 0.318 bits per heavy atom. The first-order valence-electron chi connectivity index (χ1n) is 33.8. The number of ketones is 2. The van der Waals surface area contributed by atoms with Crippen molar-refractivity contribution >= 4 is 70.9 Å². The van der Waals surface area contributed by atoms with Gasteiger partial charge in [-0.05, 0) is 291 Å². The first kappa shape index (κ1) is 73.8. The van der Waals surface area contributed by atoms with Crippen LogP contribution in [0.4, 0.5) is 34.1 Å². The molecule has 0 unspecified atom stereocenters. The largest absolute Gasteiger partial charge is 0.508 e. The van der Waals surface area contributed by atoms with E-state index in [1.807, 2.05) is 150 Å². The number of ether oxygens (including phenoxy) is 8. The maximum absolute atomic E-state index is 11.5. The van der Waals surface area contributed by atoms with Gasteiger partial charge in [-0.1, -0.05) is 0 Å². The summed E-state index contributed by atoms with van der Waals surface area (Å²) in [5.74, 6) is 9.60. The Kier molecular flexibility index (Phi) is 25.1. The van der Waals surface area contributed by atoms with Crippen LogP contribution in [0.2, 0.25) is 0 Å². The van der Waals surface area contributed by atoms with Crippen molar-refractivity contribution in [3.8, 4) is 103 Å². The van der Waals surface area contributed by atoms with Crippen molar-refractivity contribution in [2.24, 2.45) is 0 Å². The summed E-state index contributed by atoms with van der Waals surface area (Å²) in [6.45, 7) is 2.30. The number of hydrogen-bond acceptors (Lipinski definition) is 23. The van der Waals surface area contributed by atoms with Gasteiger partial charge < -0.3 is 93.2 Å². The fourth-order valence-corrected chi connectivity index (χ4v) is 11.0. The van der Waals surface area contributed by atoms with E-state index in [1.165, 1.54) is 0 Å². The molecule has 12 aromatic rings. The normalized spacial score (nSPS) is 11.6. The maximum Gasteiger partial charge on any atom is 0.179 e. The molecule has 12 aromatic carbocycles. The third-order valence-electron chi connectivity index (χ3n) is 16.4. The number of phenolic OH excluding ortho intramolecular Hbond substituents is 4. The molecule has 0 aliphatic carbocycles. The quantitative estimate of drug-likeness (QED) is 0.0149. The summed E-state index contributed by atoms with van der Waals surface area (Å²) in [6.07, 6.45) is 0. The van der Waals surface area contributed by atoms with E-state index in [4.69, 9.17) is 37.9 Å². The molecule has 0 saturated carbocycles. The molecular formula is C84H76N6O15S2. The molecular weight excluding hydrogens is 1400 g/mol. The zero-order valence-electron chi connectivity index (χ0n) is 57.7. The van der Waals surface area contributed by atoms with Crippen LogP contribution in [0, 0.1) is 0 Å². The van der Waals surface area contributed by atoms with Gasteiger partial charge in [0.1, 0.15) is 123 Å². The fraction of sp³-hybridized carbons (Fsp3) is 0.119. The van der Waals surface area contributed by atoms with E-state index in [0.29, 0.717) is 114 Å². The summed E-state index contributed by atoms with van der Waals surface area (Å²) in [6, 6.07) is 86.9. The molecule has 1 aliphatic rings. The number of Topliss-reactive ketones (excluding diaryl/α,β-unsaturated/α-hetero) is 2. The van der Waals surface area contributed by atoms with Gasteiger partial charge in [-0.3, -0.25) is 9.59 Å². The van der Waals surface area contributed by atoms with Crippen molar-refractivity contribution in [1.29, 1.82) is 0 Å². The Morgan fingerprint density at radius 2 is 0.542 bits per heavy atom. The Balaban J connectivity index is 0.000000200. The van der Waals surface area contributed by atoms with Crippen molar-refractivity contribution < 1.29 is 73.0 Å². The summed E-state index contributed by atoms with van der Waals surface area (Å²) in [7, 11) is 0. The number of carbonyl (C=O) groups excluding carboxylic acids is 2. The van der Waals surface area contributed by atoms with Gasteiger partial charge in [0.25, 0.3) is 0 Å². The first-order valence-corrected chi connectivity index (χ1v) is 35.1. The zero-order valence-corrected chi connectivity index (χ0v) is 59.5. The van der Waals surface area contributed by atoms with Crippen LogP contribution in [-0.2, 0) is 9.59 Å². The Morgan fingerprint density at radius 3 is 0.804 bits per heavy atom. The molecule has 0 bridgehead atoms. The van der Waals surface area contributed by atoms with Crippen LogP contribution in [-0.4, -0.2) is 102 Å². The summed E-state index contributed by atoms with van der Waals surface area (Å²) in [5, 5.41) is 52.3. The van der Waals surface area contributed by atoms with Crippen molar-refractivity contribution in [3.63, 3.8) is 0 Å². The van der Waals surface area contributed by atoms with Crippen LogP contribution in [0.5, 0.6) is 103 Å². The fourth-order valence-electron chi connectivity index (χ4n) is 10.8. The number of phenols is 4. The topological polar surface area (TPSA) is 237 Å². The molecule has 0 atom stereocenters. The number of aliphatic hydroxyl groups is 1. The number of carbonyl (C=O) groups is 2. The first-order chi connectivity index (χ1) is 52.2.